The lowest BCUT2D eigenvalue weighted by Gasteiger charge is -2.38. The Morgan fingerprint density at radius 1 is 1.33 bits per heavy atom. The van der Waals surface area contributed by atoms with Crippen LogP contribution in [0.15, 0.2) is 42.6 Å². The minimum atomic E-state index is -0.790. The van der Waals surface area contributed by atoms with Crippen LogP contribution in [0.1, 0.15) is 18.5 Å². The van der Waals surface area contributed by atoms with E-state index in [-0.39, 0.29) is 18.4 Å². The third-order valence-corrected chi connectivity index (χ3v) is 4.10. The van der Waals surface area contributed by atoms with Crippen molar-refractivity contribution in [3.63, 3.8) is 0 Å². The minimum Gasteiger partial charge on any atom is -0.356 e. The number of carbonyl (C=O) groups is 2. The molecule has 1 aliphatic heterocycles. The van der Waals surface area contributed by atoms with Crippen molar-refractivity contribution in [1.82, 2.24) is 14.7 Å². The predicted molar refractivity (Wildman–Crippen MR) is 88.2 cm³/mol. The standard InChI is InChI=1S/C17H20N4O3/c1-3-21-10-9-13(19-21)18-17(23)16-15(12-7-5-4-6-8-12)20(2)14(22)11-24-16/h4-10,15-16H,3,11H2,1-2H3,(H,18,19,23). The molecule has 7 nitrogen and oxygen atoms in total. The molecule has 3 rings (SSSR count). The molecule has 1 aliphatic rings. The molecule has 1 fully saturated rings. The van der Waals surface area contributed by atoms with Gasteiger partial charge in [-0.2, -0.15) is 5.10 Å². The van der Waals surface area contributed by atoms with Crippen LogP contribution < -0.4 is 5.32 Å². The molecule has 2 atom stereocenters. The van der Waals surface area contributed by atoms with Gasteiger partial charge in [-0.1, -0.05) is 30.3 Å². The number of carbonyl (C=O) groups excluding carboxylic acids is 2. The predicted octanol–water partition coefficient (Wildman–Crippen LogP) is 1.44. The summed E-state index contributed by atoms with van der Waals surface area (Å²) >= 11 is 0. The molecule has 1 N–H and O–H groups in total. The maximum absolute atomic E-state index is 12.7. The number of morpholine rings is 1. The number of likely N-dealkylation sites (N-methyl/N-ethyl adjacent to an activating group) is 1. The smallest absolute Gasteiger partial charge is 0.257 e. The van der Waals surface area contributed by atoms with Gasteiger partial charge < -0.3 is 15.0 Å². The second-order valence-corrected chi connectivity index (χ2v) is 5.64. The fraction of sp³-hybridized carbons (Fsp3) is 0.353. The van der Waals surface area contributed by atoms with Crippen molar-refractivity contribution in [3.05, 3.63) is 48.2 Å². The summed E-state index contributed by atoms with van der Waals surface area (Å²) in [5.74, 6) is 0.00420. The highest BCUT2D eigenvalue weighted by molar-refractivity contribution is 5.95. The average molecular weight is 328 g/mol. The second-order valence-electron chi connectivity index (χ2n) is 5.64. The molecule has 24 heavy (non-hydrogen) atoms. The maximum atomic E-state index is 12.7. The van der Waals surface area contributed by atoms with Crippen molar-refractivity contribution in [1.29, 1.82) is 0 Å². The molecule has 0 radical (unpaired) electrons. The minimum absolute atomic E-state index is 0.110. The molecule has 0 bridgehead atoms. The highest BCUT2D eigenvalue weighted by Gasteiger charge is 2.40. The van der Waals surface area contributed by atoms with E-state index < -0.39 is 12.1 Å². The topological polar surface area (TPSA) is 76.5 Å². The van der Waals surface area contributed by atoms with Crippen LogP contribution >= 0.6 is 0 Å². The number of ether oxygens (including phenoxy) is 1. The lowest BCUT2D eigenvalue weighted by atomic mass is 9.97. The SMILES string of the molecule is CCn1ccc(NC(=O)C2OCC(=O)N(C)C2c2ccccc2)n1. The summed E-state index contributed by atoms with van der Waals surface area (Å²) in [6.45, 7) is 2.58. The molecular formula is C17H20N4O3. The molecule has 1 saturated heterocycles. The van der Waals surface area contributed by atoms with Crippen LogP contribution in [0, 0.1) is 0 Å². The van der Waals surface area contributed by atoms with Gasteiger partial charge in [0.1, 0.15) is 6.61 Å². The maximum Gasteiger partial charge on any atom is 0.257 e. The summed E-state index contributed by atoms with van der Waals surface area (Å²) in [4.78, 5) is 26.2. The normalized spacial score (nSPS) is 20.9. The van der Waals surface area contributed by atoms with E-state index in [0.29, 0.717) is 5.82 Å². The van der Waals surface area contributed by atoms with Gasteiger partial charge in [-0.05, 0) is 12.5 Å². The van der Waals surface area contributed by atoms with Crippen LogP contribution in [-0.2, 0) is 20.9 Å². The van der Waals surface area contributed by atoms with Gasteiger partial charge in [0.05, 0.1) is 6.04 Å². The number of hydrogen-bond donors (Lipinski definition) is 1. The first-order valence-corrected chi connectivity index (χ1v) is 7.86. The Bertz CT molecular complexity index is 728. The van der Waals surface area contributed by atoms with E-state index >= 15 is 0 Å². The van der Waals surface area contributed by atoms with Crippen molar-refractivity contribution in [2.75, 3.05) is 19.0 Å². The number of rotatable bonds is 4. The fourth-order valence-corrected chi connectivity index (χ4v) is 2.78. The van der Waals surface area contributed by atoms with Crippen LogP contribution in [0.4, 0.5) is 5.82 Å². The Morgan fingerprint density at radius 2 is 2.08 bits per heavy atom. The van der Waals surface area contributed by atoms with Crippen LogP contribution in [0.2, 0.25) is 0 Å². The molecule has 2 aromatic rings. The fourth-order valence-electron chi connectivity index (χ4n) is 2.78. The zero-order valence-corrected chi connectivity index (χ0v) is 13.7. The first-order valence-electron chi connectivity index (χ1n) is 7.86. The molecule has 0 aliphatic carbocycles. The molecule has 1 aromatic heterocycles. The average Bonchev–Trinajstić information content (AvgIpc) is 3.05. The van der Waals surface area contributed by atoms with Crippen molar-refractivity contribution in [2.45, 2.75) is 25.6 Å². The third kappa shape index (κ3) is 3.16. The van der Waals surface area contributed by atoms with Gasteiger partial charge >= 0.3 is 0 Å². The number of aromatic nitrogens is 2. The molecule has 7 heteroatoms. The van der Waals surface area contributed by atoms with Crippen molar-refractivity contribution in [2.24, 2.45) is 0 Å². The van der Waals surface area contributed by atoms with Crippen molar-refractivity contribution >= 4 is 17.6 Å². The monoisotopic (exact) mass is 328 g/mol. The molecule has 0 saturated carbocycles. The number of nitrogens with one attached hydrogen (secondary N) is 1. The van der Waals surface area contributed by atoms with E-state index in [9.17, 15) is 9.59 Å². The summed E-state index contributed by atoms with van der Waals surface area (Å²) in [6.07, 6.45) is 1.00. The van der Waals surface area contributed by atoms with Crippen molar-refractivity contribution < 1.29 is 14.3 Å². The number of aryl methyl sites for hydroxylation is 1. The van der Waals surface area contributed by atoms with E-state index in [2.05, 4.69) is 10.4 Å². The number of anilines is 1. The van der Waals surface area contributed by atoms with Crippen LogP contribution in [0.5, 0.6) is 0 Å². The van der Waals surface area contributed by atoms with E-state index in [4.69, 9.17) is 4.74 Å². The van der Waals surface area contributed by atoms with E-state index in [1.165, 1.54) is 0 Å². The number of nitrogens with zero attached hydrogens (tertiary/aromatic N) is 3. The highest BCUT2D eigenvalue weighted by atomic mass is 16.5. The summed E-state index contributed by atoms with van der Waals surface area (Å²) in [6, 6.07) is 10.7. The molecule has 2 unspecified atom stereocenters. The van der Waals surface area contributed by atoms with E-state index in [1.807, 2.05) is 37.3 Å². The van der Waals surface area contributed by atoms with Gasteiger partial charge in [0.15, 0.2) is 11.9 Å². The van der Waals surface area contributed by atoms with Gasteiger partial charge in [0.25, 0.3) is 5.91 Å². The summed E-state index contributed by atoms with van der Waals surface area (Å²) in [7, 11) is 1.69. The quantitative estimate of drug-likeness (QED) is 0.921. The van der Waals surface area contributed by atoms with Gasteiger partial charge in [-0.15, -0.1) is 0 Å². The first-order chi connectivity index (χ1) is 11.6. The Hall–Kier alpha value is -2.67. The molecule has 2 heterocycles. The summed E-state index contributed by atoms with van der Waals surface area (Å²) in [5.41, 5.74) is 0.854. The zero-order chi connectivity index (χ0) is 17.1. The Balaban J connectivity index is 1.83. The Morgan fingerprint density at radius 3 is 2.75 bits per heavy atom. The van der Waals surface area contributed by atoms with E-state index in [0.717, 1.165) is 12.1 Å². The van der Waals surface area contributed by atoms with Gasteiger partial charge in [-0.25, -0.2) is 0 Å². The Labute approximate surface area is 140 Å². The third-order valence-electron chi connectivity index (χ3n) is 4.10. The summed E-state index contributed by atoms with van der Waals surface area (Å²) in [5, 5.41) is 7.01. The summed E-state index contributed by atoms with van der Waals surface area (Å²) < 4.78 is 7.28. The first kappa shape index (κ1) is 16.2. The van der Waals surface area contributed by atoms with Gasteiger partial charge in [0.2, 0.25) is 5.91 Å². The molecule has 126 valence electrons. The van der Waals surface area contributed by atoms with Crippen LogP contribution in [0.3, 0.4) is 0 Å². The van der Waals surface area contributed by atoms with E-state index in [1.54, 1.807) is 28.9 Å². The van der Waals surface area contributed by atoms with Crippen LogP contribution in [0.25, 0.3) is 0 Å². The second kappa shape index (κ2) is 6.84. The number of amides is 2. The number of benzene rings is 1. The zero-order valence-electron chi connectivity index (χ0n) is 13.7. The lowest BCUT2D eigenvalue weighted by molar-refractivity contribution is -0.160. The molecular weight excluding hydrogens is 308 g/mol. The highest BCUT2D eigenvalue weighted by Crippen LogP contribution is 2.29. The molecule has 2 amide bonds. The Kier molecular flexibility index (Phi) is 4.61. The van der Waals surface area contributed by atoms with Gasteiger partial charge in [0, 0.05) is 25.9 Å². The largest absolute Gasteiger partial charge is 0.356 e. The lowest BCUT2D eigenvalue weighted by Crippen LogP contribution is -2.51. The number of hydrogen-bond acceptors (Lipinski definition) is 4. The molecule has 0 spiro atoms. The van der Waals surface area contributed by atoms with Gasteiger partial charge in [-0.3, -0.25) is 14.3 Å². The molecule has 1 aromatic carbocycles. The van der Waals surface area contributed by atoms with Crippen molar-refractivity contribution in [3.8, 4) is 0 Å². The van der Waals surface area contributed by atoms with Crippen LogP contribution in [-0.4, -0.2) is 46.3 Å².